The Morgan fingerprint density at radius 3 is 2.47 bits per heavy atom. The fourth-order valence-electron chi connectivity index (χ4n) is 2.35. The topological polar surface area (TPSA) is 61.7 Å². The summed E-state index contributed by atoms with van der Waals surface area (Å²) in [6, 6.07) is 8.24. The molecule has 0 saturated carbocycles. The highest BCUT2D eigenvalue weighted by Crippen LogP contribution is 2.25. The summed E-state index contributed by atoms with van der Waals surface area (Å²) in [6.45, 7) is 6.88. The van der Waals surface area contributed by atoms with E-state index in [0.29, 0.717) is 5.95 Å². The lowest BCUT2D eigenvalue weighted by atomic mass is 10.2. The lowest BCUT2D eigenvalue weighted by Crippen LogP contribution is -2.06. The van der Waals surface area contributed by atoms with Crippen molar-refractivity contribution in [1.29, 1.82) is 0 Å². The van der Waals surface area contributed by atoms with E-state index in [4.69, 9.17) is 5.73 Å². The van der Waals surface area contributed by atoms with E-state index in [-0.39, 0.29) is 0 Å². The predicted octanol–water partition coefficient (Wildman–Crippen LogP) is 2.44. The normalized spacial score (nSPS) is 11.3. The highest BCUT2D eigenvalue weighted by Gasteiger charge is 2.17. The van der Waals surface area contributed by atoms with Crippen LogP contribution in [0, 0.1) is 13.8 Å². The molecule has 0 spiro atoms. The van der Waals surface area contributed by atoms with E-state index in [1.54, 1.807) is 0 Å². The van der Waals surface area contributed by atoms with Crippen molar-refractivity contribution in [2.75, 3.05) is 5.73 Å². The smallest absolute Gasteiger partial charge is 0.207 e. The molecule has 0 amide bonds. The molecule has 0 aliphatic carbocycles. The number of benzene rings is 1. The highest BCUT2D eigenvalue weighted by atomic mass is 15.4. The monoisotopic (exact) mass is 255 g/mol. The van der Waals surface area contributed by atoms with E-state index in [1.807, 2.05) is 16.2 Å². The van der Waals surface area contributed by atoms with Gasteiger partial charge in [-0.15, -0.1) is 0 Å². The summed E-state index contributed by atoms with van der Waals surface area (Å²) in [5.41, 5.74) is 11.1. The van der Waals surface area contributed by atoms with Crippen LogP contribution in [-0.4, -0.2) is 19.3 Å². The zero-order valence-electron chi connectivity index (χ0n) is 11.4. The van der Waals surface area contributed by atoms with Gasteiger partial charge in [0, 0.05) is 6.54 Å². The van der Waals surface area contributed by atoms with Crippen molar-refractivity contribution in [3.63, 3.8) is 0 Å². The molecule has 0 fully saturated rings. The van der Waals surface area contributed by atoms with Crippen LogP contribution in [0.25, 0.3) is 16.9 Å². The van der Waals surface area contributed by atoms with Gasteiger partial charge in [-0.2, -0.15) is 5.10 Å². The minimum absolute atomic E-state index is 0.501. The SMILES string of the molecule is CCn1nc(C)c2nc(N)n(-c3ccc(C)cc3)c21. The van der Waals surface area contributed by atoms with Crippen LogP contribution in [0.15, 0.2) is 24.3 Å². The van der Waals surface area contributed by atoms with Gasteiger partial charge in [-0.1, -0.05) is 17.7 Å². The number of nitrogen functional groups attached to an aromatic ring is 1. The molecule has 98 valence electrons. The standard InChI is InChI=1S/C14H17N5/c1-4-18-13-12(10(3)17-18)16-14(15)19(13)11-7-5-9(2)6-8-11/h5-8H,4H2,1-3H3,(H2,15,16). The van der Waals surface area contributed by atoms with Gasteiger partial charge in [0.05, 0.1) is 11.4 Å². The molecule has 0 radical (unpaired) electrons. The average molecular weight is 255 g/mol. The Morgan fingerprint density at radius 2 is 1.84 bits per heavy atom. The van der Waals surface area contributed by atoms with Gasteiger partial charge in [-0.05, 0) is 32.9 Å². The van der Waals surface area contributed by atoms with Gasteiger partial charge < -0.3 is 5.73 Å². The second-order valence-electron chi connectivity index (χ2n) is 4.71. The Balaban J connectivity index is 2.33. The van der Waals surface area contributed by atoms with Gasteiger partial charge in [0.2, 0.25) is 5.95 Å². The molecule has 1 aromatic carbocycles. The summed E-state index contributed by atoms with van der Waals surface area (Å²) < 4.78 is 3.89. The Labute approximate surface area is 111 Å². The molecule has 0 aliphatic rings. The number of hydrogen-bond donors (Lipinski definition) is 1. The third kappa shape index (κ3) is 1.69. The van der Waals surface area contributed by atoms with Crippen LogP contribution in [0.4, 0.5) is 5.95 Å². The van der Waals surface area contributed by atoms with Crippen molar-refractivity contribution < 1.29 is 0 Å². The summed E-state index contributed by atoms with van der Waals surface area (Å²) >= 11 is 0. The predicted molar refractivity (Wildman–Crippen MR) is 76.4 cm³/mol. The quantitative estimate of drug-likeness (QED) is 0.765. The van der Waals surface area contributed by atoms with E-state index < -0.39 is 0 Å². The molecular weight excluding hydrogens is 238 g/mol. The molecule has 2 N–H and O–H groups in total. The minimum atomic E-state index is 0.501. The van der Waals surface area contributed by atoms with E-state index in [9.17, 15) is 0 Å². The van der Waals surface area contributed by atoms with Gasteiger partial charge in [0.15, 0.2) is 5.65 Å². The van der Waals surface area contributed by atoms with Crippen molar-refractivity contribution in [2.24, 2.45) is 0 Å². The highest BCUT2D eigenvalue weighted by molar-refractivity contribution is 5.80. The zero-order chi connectivity index (χ0) is 13.6. The summed E-state index contributed by atoms with van der Waals surface area (Å²) in [5, 5.41) is 4.49. The molecule has 0 bridgehead atoms. The first kappa shape index (κ1) is 11.8. The second-order valence-corrected chi connectivity index (χ2v) is 4.71. The number of hydrogen-bond acceptors (Lipinski definition) is 3. The molecule has 2 aromatic heterocycles. The van der Waals surface area contributed by atoms with Crippen molar-refractivity contribution in [1.82, 2.24) is 19.3 Å². The molecule has 19 heavy (non-hydrogen) atoms. The van der Waals surface area contributed by atoms with Crippen LogP contribution in [0.5, 0.6) is 0 Å². The molecule has 2 heterocycles. The third-order valence-corrected chi connectivity index (χ3v) is 3.33. The van der Waals surface area contributed by atoms with Gasteiger partial charge in [0.25, 0.3) is 0 Å². The number of anilines is 1. The Bertz CT molecular complexity index is 733. The maximum atomic E-state index is 6.07. The van der Waals surface area contributed by atoms with Crippen LogP contribution < -0.4 is 5.73 Å². The first-order valence-corrected chi connectivity index (χ1v) is 6.40. The molecule has 0 aliphatic heterocycles. The number of nitrogens with two attached hydrogens (primary N) is 1. The van der Waals surface area contributed by atoms with Crippen LogP contribution >= 0.6 is 0 Å². The van der Waals surface area contributed by atoms with Crippen LogP contribution in [0.1, 0.15) is 18.2 Å². The van der Waals surface area contributed by atoms with E-state index in [2.05, 4.69) is 48.2 Å². The van der Waals surface area contributed by atoms with Crippen LogP contribution in [0.3, 0.4) is 0 Å². The van der Waals surface area contributed by atoms with Crippen molar-refractivity contribution >= 4 is 17.1 Å². The summed E-state index contributed by atoms with van der Waals surface area (Å²) in [4.78, 5) is 4.44. The number of nitrogens with zero attached hydrogens (tertiary/aromatic N) is 4. The number of rotatable bonds is 2. The molecule has 0 saturated heterocycles. The molecule has 5 heteroatoms. The molecule has 3 aromatic rings. The number of imidazole rings is 1. The lowest BCUT2D eigenvalue weighted by Gasteiger charge is -2.08. The molecule has 3 rings (SSSR count). The van der Waals surface area contributed by atoms with E-state index in [0.717, 1.165) is 29.1 Å². The van der Waals surface area contributed by atoms with Crippen LogP contribution in [0.2, 0.25) is 0 Å². The maximum absolute atomic E-state index is 6.07. The van der Waals surface area contributed by atoms with Gasteiger partial charge in [0.1, 0.15) is 5.52 Å². The van der Waals surface area contributed by atoms with E-state index in [1.165, 1.54) is 5.56 Å². The molecule has 0 unspecified atom stereocenters. The minimum Gasteiger partial charge on any atom is -0.369 e. The Morgan fingerprint density at radius 1 is 1.16 bits per heavy atom. The summed E-state index contributed by atoms with van der Waals surface area (Å²) in [7, 11) is 0. The average Bonchev–Trinajstić information content (AvgIpc) is 2.88. The first-order chi connectivity index (χ1) is 9.11. The summed E-state index contributed by atoms with van der Waals surface area (Å²) in [6.07, 6.45) is 0. The van der Waals surface area contributed by atoms with Crippen molar-refractivity contribution in [3.05, 3.63) is 35.5 Å². The number of aromatic nitrogens is 4. The Kier molecular flexibility index (Phi) is 2.55. The number of aryl methyl sites for hydroxylation is 3. The van der Waals surface area contributed by atoms with Crippen molar-refractivity contribution in [3.8, 4) is 5.69 Å². The number of fused-ring (bicyclic) bond motifs is 1. The molecular formula is C14H17N5. The largest absolute Gasteiger partial charge is 0.369 e. The van der Waals surface area contributed by atoms with Gasteiger partial charge in [-0.25, -0.2) is 9.67 Å². The molecule has 0 atom stereocenters. The fraction of sp³-hybridized carbons (Fsp3) is 0.286. The second kappa shape index (κ2) is 4.12. The fourth-order valence-corrected chi connectivity index (χ4v) is 2.35. The molecule has 5 nitrogen and oxygen atoms in total. The maximum Gasteiger partial charge on any atom is 0.207 e. The zero-order valence-corrected chi connectivity index (χ0v) is 11.4. The van der Waals surface area contributed by atoms with Gasteiger partial charge >= 0.3 is 0 Å². The van der Waals surface area contributed by atoms with Gasteiger partial charge in [-0.3, -0.25) is 4.57 Å². The Hall–Kier alpha value is -2.30. The first-order valence-electron chi connectivity index (χ1n) is 6.40. The van der Waals surface area contributed by atoms with Crippen molar-refractivity contribution in [2.45, 2.75) is 27.3 Å². The summed E-state index contributed by atoms with van der Waals surface area (Å²) in [5.74, 6) is 0.501. The van der Waals surface area contributed by atoms with Crippen LogP contribution in [-0.2, 0) is 6.54 Å². The van der Waals surface area contributed by atoms with E-state index >= 15 is 0 Å². The lowest BCUT2D eigenvalue weighted by molar-refractivity contribution is 0.663. The third-order valence-electron chi connectivity index (χ3n) is 3.33.